The molecule has 7 heteroatoms. The third kappa shape index (κ3) is 3.47. The fourth-order valence-electron chi connectivity index (χ4n) is 2.46. The van der Waals surface area contributed by atoms with E-state index in [1.807, 2.05) is 48.5 Å². The van der Waals surface area contributed by atoms with E-state index in [1.54, 1.807) is 12.4 Å². The van der Waals surface area contributed by atoms with Gasteiger partial charge in [-0.2, -0.15) is 0 Å². The van der Waals surface area contributed by atoms with Gasteiger partial charge in [0.2, 0.25) is 0 Å². The summed E-state index contributed by atoms with van der Waals surface area (Å²) in [6.45, 7) is 0. The predicted octanol–water partition coefficient (Wildman–Crippen LogP) is 4.92. The minimum absolute atomic E-state index is 0.147. The van der Waals surface area contributed by atoms with Crippen LogP contribution in [0.15, 0.2) is 69.2 Å². The maximum Gasteiger partial charge on any atom is 0.289 e. The highest BCUT2D eigenvalue weighted by Gasteiger charge is 2.24. The van der Waals surface area contributed by atoms with Crippen molar-refractivity contribution in [3.05, 3.63) is 69.8 Å². The number of nitrogens with one attached hydrogen (secondary N) is 1. The van der Waals surface area contributed by atoms with Gasteiger partial charge >= 0.3 is 0 Å². The molecule has 122 valence electrons. The third-order valence-electron chi connectivity index (χ3n) is 3.52. The van der Waals surface area contributed by atoms with E-state index in [4.69, 9.17) is 0 Å². The summed E-state index contributed by atoms with van der Waals surface area (Å²) in [6.07, 6.45) is 5.23. The maximum absolute atomic E-state index is 11.9. The molecule has 0 bridgehead atoms. The number of rotatable bonds is 2. The Kier molecular flexibility index (Phi) is 4.33. The molecule has 1 aliphatic heterocycles. The van der Waals surface area contributed by atoms with Crippen molar-refractivity contribution in [2.75, 3.05) is 0 Å². The molecule has 3 aromatic rings. The molecule has 0 aliphatic carbocycles. The van der Waals surface area contributed by atoms with Crippen molar-refractivity contribution in [3.8, 4) is 0 Å². The summed E-state index contributed by atoms with van der Waals surface area (Å²) >= 11 is 4.55. The van der Waals surface area contributed by atoms with E-state index >= 15 is 0 Å². The van der Waals surface area contributed by atoms with Gasteiger partial charge in [-0.25, -0.2) is 4.99 Å². The summed E-state index contributed by atoms with van der Waals surface area (Å²) in [4.78, 5) is 25.9. The first-order valence-electron chi connectivity index (χ1n) is 7.44. The van der Waals surface area contributed by atoms with Crippen LogP contribution in [0, 0.1) is 0 Å². The Hall–Kier alpha value is -2.51. The predicted molar refractivity (Wildman–Crippen MR) is 105 cm³/mol. The molecule has 0 radical (unpaired) electrons. The zero-order valence-electron chi connectivity index (χ0n) is 12.8. The lowest BCUT2D eigenvalue weighted by Gasteiger charge is -2.03. The van der Waals surface area contributed by atoms with Gasteiger partial charge < -0.3 is 5.32 Å². The van der Waals surface area contributed by atoms with Crippen molar-refractivity contribution in [2.24, 2.45) is 4.99 Å². The zero-order chi connectivity index (χ0) is 17.2. The van der Waals surface area contributed by atoms with Gasteiger partial charge in [-0.05, 0) is 42.1 Å². The quantitative estimate of drug-likeness (QED) is 0.650. The average Bonchev–Trinajstić information content (AvgIpc) is 2.94. The largest absolute Gasteiger partial charge is 0.300 e. The molecule has 25 heavy (non-hydrogen) atoms. The van der Waals surface area contributed by atoms with Gasteiger partial charge in [-0.15, -0.1) is 0 Å². The molecule has 1 aromatic heterocycles. The second-order valence-corrected chi connectivity index (χ2v) is 7.17. The van der Waals surface area contributed by atoms with Crippen molar-refractivity contribution in [2.45, 2.75) is 0 Å². The van der Waals surface area contributed by atoms with E-state index in [0.717, 1.165) is 43.4 Å². The highest BCUT2D eigenvalue weighted by molar-refractivity contribution is 9.10. The van der Waals surface area contributed by atoms with E-state index in [-0.39, 0.29) is 5.24 Å². The monoisotopic (exact) mass is 410 g/mol. The molecule has 4 rings (SSSR count). The van der Waals surface area contributed by atoms with Crippen LogP contribution in [0.3, 0.4) is 0 Å². The molecule has 1 amide bonds. The summed E-state index contributed by atoms with van der Waals surface area (Å²) in [6, 6.07) is 13.4. The number of nitrogens with zero attached hydrogens (tertiary/aromatic N) is 3. The van der Waals surface area contributed by atoms with Gasteiger partial charge in [0, 0.05) is 22.4 Å². The molecular weight excluding hydrogens is 400 g/mol. The zero-order valence-corrected chi connectivity index (χ0v) is 15.2. The number of amidine groups is 1. The summed E-state index contributed by atoms with van der Waals surface area (Å²) in [5, 5.41) is 2.65. The Balaban J connectivity index is 1.79. The van der Waals surface area contributed by atoms with E-state index in [2.05, 4.69) is 36.2 Å². The Bertz CT molecular complexity index is 1040. The highest BCUT2D eigenvalue weighted by atomic mass is 79.9. The Labute approximate surface area is 156 Å². The number of benzene rings is 2. The molecule has 5 nitrogen and oxygen atoms in total. The van der Waals surface area contributed by atoms with Crippen LogP contribution >= 0.6 is 27.7 Å². The van der Waals surface area contributed by atoms with Gasteiger partial charge in [0.25, 0.3) is 5.24 Å². The minimum atomic E-state index is -0.147. The number of aromatic nitrogens is 2. The summed E-state index contributed by atoms with van der Waals surface area (Å²) in [7, 11) is 0. The molecule has 2 heterocycles. The first-order valence-corrected chi connectivity index (χ1v) is 9.05. The molecule has 1 fully saturated rings. The van der Waals surface area contributed by atoms with E-state index in [1.165, 1.54) is 0 Å². The van der Waals surface area contributed by atoms with Crippen molar-refractivity contribution >= 4 is 61.6 Å². The van der Waals surface area contributed by atoms with Crippen LogP contribution in [0.5, 0.6) is 0 Å². The number of aliphatic imine (C=N–C) groups is 1. The number of carbonyl (C=O) groups excluding carboxylic acids is 1. The molecule has 1 N–H and O–H groups in total. The Morgan fingerprint density at radius 2 is 1.96 bits per heavy atom. The second kappa shape index (κ2) is 6.78. The van der Waals surface area contributed by atoms with Gasteiger partial charge in [0.05, 0.1) is 21.6 Å². The molecule has 0 unspecified atom stereocenters. The van der Waals surface area contributed by atoms with Gasteiger partial charge in [-0.3, -0.25) is 14.8 Å². The number of fused-ring (bicyclic) bond motifs is 1. The lowest BCUT2D eigenvalue weighted by atomic mass is 10.1. The van der Waals surface area contributed by atoms with Crippen LogP contribution in [0.4, 0.5) is 10.5 Å². The fraction of sp³-hybridized carbons (Fsp3) is 0. The molecule has 0 atom stereocenters. The molecule has 2 aromatic carbocycles. The standard InChI is InChI=1S/C18H11BrN4OS/c19-12-4-2-5-13(10-12)22-17-15(25-18(24)23-17)9-11-3-1-6-14-16(11)21-8-7-20-14/h1-10H,(H,22,23,24). The molecular formula is C18H11BrN4OS. The first kappa shape index (κ1) is 16.0. The molecule has 1 aliphatic rings. The topological polar surface area (TPSA) is 67.2 Å². The second-order valence-electron chi connectivity index (χ2n) is 5.23. The van der Waals surface area contributed by atoms with Crippen molar-refractivity contribution < 1.29 is 4.79 Å². The van der Waals surface area contributed by atoms with Gasteiger partial charge in [-0.1, -0.05) is 34.1 Å². The minimum Gasteiger partial charge on any atom is -0.300 e. The molecule has 0 saturated carbocycles. The Morgan fingerprint density at radius 1 is 1.12 bits per heavy atom. The van der Waals surface area contributed by atoms with Crippen LogP contribution in [-0.4, -0.2) is 21.0 Å². The SMILES string of the molecule is O=C1NC(=Nc2cccc(Br)c2)C(=Cc2cccc3nccnc23)S1. The number of thioether (sulfide) groups is 1. The van der Waals surface area contributed by atoms with E-state index < -0.39 is 0 Å². The maximum atomic E-state index is 11.9. The van der Waals surface area contributed by atoms with Crippen LogP contribution in [0.25, 0.3) is 17.1 Å². The van der Waals surface area contributed by atoms with E-state index in [9.17, 15) is 4.79 Å². The van der Waals surface area contributed by atoms with Gasteiger partial charge in [0.15, 0.2) is 0 Å². The smallest absolute Gasteiger partial charge is 0.289 e. The summed E-state index contributed by atoms with van der Waals surface area (Å²) in [5.74, 6) is 0.536. The molecule has 1 saturated heterocycles. The van der Waals surface area contributed by atoms with E-state index in [0.29, 0.717) is 5.84 Å². The summed E-state index contributed by atoms with van der Waals surface area (Å²) in [5.41, 5.74) is 3.26. The normalized spacial score (nSPS) is 17.4. The number of halogens is 1. The van der Waals surface area contributed by atoms with Crippen LogP contribution in [-0.2, 0) is 0 Å². The van der Waals surface area contributed by atoms with Crippen LogP contribution in [0.2, 0.25) is 0 Å². The average molecular weight is 411 g/mol. The van der Waals surface area contributed by atoms with Crippen molar-refractivity contribution in [1.82, 2.24) is 15.3 Å². The number of amides is 1. The summed E-state index contributed by atoms with van der Waals surface area (Å²) < 4.78 is 0.932. The van der Waals surface area contributed by atoms with Crippen molar-refractivity contribution in [3.63, 3.8) is 0 Å². The lowest BCUT2D eigenvalue weighted by molar-refractivity contribution is 0.265. The highest BCUT2D eigenvalue weighted by Crippen LogP contribution is 2.30. The number of hydrogen-bond donors (Lipinski definition) is 1. The Morgan fingerprint density at radius 3 is 2.84 bits per heavy atom. The lowest BCUT2D eigenvalue weighted by Crippen LogP contribution is -2.18. The van der Waals surface area contributed by atoms with Gasteiger partial charge in [0.1, 0.15) is 5.84 Å². The number of hydrogen-bond acceptors (Lipinski definition) is 5. The number of para-hydroxylation sites is 1. The fourth-order valence-corrected chi connectivity index (χ4v) is 3.57. The van der Waals surface area contributed by atoms with Crippen LogP contribution in [0.1, 0.15) is 5.56 Å². The van der Waals surface area contributed by atoms with Crippen molar-refractivity contribution in [1.29, 1.82) is 0 Å². The first-order chi connectivity index (χ1) is 12.2. The van der Waals surface area contributed by atoms with Crippen LogP contribution < -0.4 is 5.32 Å². The number of carbonyl (C=O) groups is 1. The third-order valence-corrected chi connectivity index (χ3v) is 4.83. The molecule has 0 spiro atoms.